The Kier molecular flexibility index (Phi) is 4.71. The third-order valence-electron chi connectivity index (χ3n) is 4.50. The topological polar surface area (TPSA) is 63.2 Å². The van der Waals surface area contributed by atoms with Crippen LogP contribution in [-0.4, -0.2) is 19.6 Å². The highest BCUT2D eigenvalue weighted by molar-refractivity contribution is 7.92. The van der Waals surface area contributed by atoms with E-state index in [1.54, 1.807) is 36.4 Å². The van der Waals surface area contributed by atoms with E-state index < -0.39 is 9.84 Å². The van der Waals surface area contributed by atoms with Gasteiger partial charge < -0.3 is 5.32 Å². The fraction of sp³-hybridized carbons (Fsp3) is 0.316. The van der Waals surface area contributed by atoms with Crippen molar-refractivity contribution in [2.45, 2.75) is 42.8 Å². The Labute approximate surface area is 142 Å². The molecule has 1 aliphatic rings. The van der Waals surface area contributed by atoms with Crippen molar-refractivity contribution < 1.29 is 13.2 Å². The van der Waals surface area contributed by atoms with Crippen molar-refractivity contribution in [3.8, 4) is 0 Å². The molecule has 0 unspecified atom stereocenters. The number of carbonyl (C=O) groups excluding carboxylic acids is 1. The zero-order chi connectivity index (χ0) is 17.2. The number of sulfone groups is 1. The third kappa shape index (κ3) is 3.51. The number of nitrogens with one attached hydrogen (secondary N) is 1. The molecule has 2 aromatic carbocycles. The highest BCUT2D eigenvalue weighted by Gasteiger charge is 2.30. The predicted molar refractivity (Wildman–Crippen MR) is 95.0 cm³/mol. The predicted octanol–water partition coefficient (Wildman–Crippen LogP) is 3.96. The smallest absolute Gasteiger partial charge is 0.255 e. The SMILES string of the molecule is Cc1ccc(C(=O)Nc2ccc(S(=O)(=O)C3CCCC3)cc2)cc1. The normalized spacial score (nSPS) is 15.4. The van der Waals surface area contributed by atoms with Gasteiger partial charge in [-0.25, -0.2) is 8.42 Å². The number of anilines is 1. The summed E-state index contributed by atoms with van der Waals surface area (Å²) in [6.07, 6.45) is 3.45. The maximum Gasteiger partial charge on any atom is 0.255 e. The van der Waals surface area contributed by atoms with Crippen LogP contribution in [-0.2, 0) is 9.84 Å². The maximum absolute atomic E-state index is 12.5. The van der Waals surface area contributed by atoms with Crippen LogP contribution in [0.5, 0.6) is 0 Å². The van der Waals surface area contributed by atoms with Gasteiger partial charge in [0.2, 0.25) is 0 Å². The molecule has 0 saturated heterocycles. The number of benzene rings is 2. The number of amides is 1. The van der Waals surface area contributed by atoms with E-state index in [4.69, 9.17) is 0 Å². The summed E-state index contributed by atoms with van der Waals surface area (Å²) < 4.78 is 25.1. The van der Waals surface area contributed by atoms with Crippen LogP contribution in [0.1, 0.15) is 41.6 Å². The molecule has 2 aromatic rings. The Morgan fingerprint density at radius 2 is 1.54 bits per heavy atom. The van der Waals surface area contributed by atoms with E-state index >= 15 is 0 Å². The quantitative estimate of drug-likeness (QED) is 0.914. The molecule has 5 heteroatoms. The number of carbonyl (C=O) groups is 1. The lowest BCUT2D eigenvalue weighted by Crippen LogP contribution is -2.18. The summed E-state index contributed by atoms with van der Waals surface area (Å²) in [5.74, 6) is -0.207. The van der Waals surface area contributed by atoms with E-state index in [-0.39, 0.29) is 11.2 Å². The lowest BCUT2D eigenvalue weighted by atomic mass is 10.1. The molecule has 1 aliphatic carbocycles. The number of hydrogen-bond donors (Lipinski definition) is 1. The fourth-order valence-electron chi connectivity index (χ4n) is 3.03. The third-order valence-corrected chi connectivity index (χ3v) is 6.77. The Morgan fingerprint density at radius 3 is 2.12 bits per heavy atom. The van der Waals surface area contributed by atoms with Gasteiger partial charge in [-0.05, 0) is 56.2 Å². The minimum Gasteiger partial charge on any atom is -0.322 e. The average Bonchev–Trinajstić information content (AvgIpc) is 3.11. The summed E-state index contributed by atoms with van der Waals surface area (Å²) in [6, 6.07) is 13.8. The van der Waals surface area contributed by atoms with Crippen LogP contribution in [0.2, 0.25) is 0 Å². The van der Waals surface area contributed by atoms with Crippen LogP contribution in [0, 0.1) is 6.92 Å². The Morgan fingerprint density at radius 1 is 0.958 bits per heavy atom. The van der Waals surface area contributed by atoms with Crippen molar-refractivity contribution in [2.75, 3.05) is 5.32 Å². The first-order valence-electron chi connectivity index (χ1n) is 8.19. The van der Waals surface area contributed by atoms with E-state index in [9.17, 15) is 13.2 Å². The van der Waals surface area contributed by atoms with E-state index in [1.807, 2.05) is 19.1 Å². The van der Waals surface area contributed by atoms with Gasteiger partial charge in [-0.3, -0.25) is 4.79 Å². The second kappa shape index (κ2) is 6.77. The average molecular weight is 343 g/mol. The first-order chi connectivity index (χ1) is 11.5. The highest BCUT2D eigenvalue weighted by Crippen LogP contribution is 2.30. The van der Waals surface area contributed by atoms with Crippen molar-refractivity contribution in [3.05, 3.63) is 59.7 Å². The Balaban J connectivity index is 1.72. The summed E-state index contributed by atoms with van der Waals surface area (Å²) in [5.41, 5.74) is 2.25. The minimum atomic E-state index is -3.25. The molecule has 3 rings (SSSR count). The Hall–Kier alpha value is -2.14. The van der Waals surface area contributed by atoms with Gasteiger partial charge in [-0.1, -0.05) is 30.5 Å². The van der Waals surface area contributed by atoms with Gasteiger partial charge in [0.25, 0.3) is 5.91 Å². The van der Waals surface area contributed by atoms with E-state index in [0.29, 0.717) is 16.1 Å². The van der Waals surface area contributed by atoms with Crippen LogP contribution >= 0.6 is 0 Å². The lowest BCUT2D eigenvalue weighted by Gasteiger charge is -2.12. The second-order valence-corrected chi connectivity index (χ2v) is 8.52. The summed E-state index contributed by atoms with van der Waals surface area (Å²) in [7, 11) is -3.25. The first kappa shape index (κ1) is 16.7. The van der Waals surface area contributed by atoms with Crippen molar-refractivity contribution in [1.82, 2.24) is 0 Å². The van der Waals surface area contributed by atoms with Gasteiger partial charge in [0.1, 0.15) is 0 Å². The molecule has 1 saturated carbocycles. The molecular weight excluding hydrogens is 322 g/mol. The van der Waals surface area contributed by atoms with Gasteiger partial charge in [-0.2, -0.15) is 0 Å². The molecule has 0 bridgehead atoms. The summed E-state index contributed by atoms with van der Waals surface area (Å²) in [5, 5.41) is 2.53. The Bertz CT molecular complexity index is 818. The molecule has 1 fully saturated rings. The number of hydrogen-bond acceptors (Lipinski definition) is 3. The molecule has 126 valence electrons. The van der Waals surface area contributed by atoms with Gasteiger partial charge in [0.15, 0.2) is 9.84 Å². The molecule has 0 spiro atoms. The van der Waals surface area contributed by atoms with E-state index in [2.05, 4.69) is 5.32 Å². The molecule has 0 aromatic heterocycles. The maximum atomic E-state index is 12.5. The van der Waals surface area contributed by atoms with Crippen LogP contribution < -0.4 is 5.32 Å². The molecule has 24 heavy (non-hydrogen) atoms. The van der Waals surface area contributed by atoms with Crippen molar-refractivity contribution in [2.24, 2.45) is 0 Å². The molecule has 0 heterocycles. The largest absolute Gasteiger partial charge is 0.322 e. The van der Waals surface area contributed by atoms with E-state index in [1.165, 1.54) is 0 Å². The first-order valence-corrected chi connectivity index (χ1v) is 9.73. The van der Waals surface area contributed by atoms with Crippen molar-refractivity contribution >= 4 is 21.4 Å². The fourth-order valence-corrected chi connectivity index (χ4v) is 4.88. The van der Waals surface area contributed by atoms with E-state index in [0.717, 1.165) is 31.2 Å². The molecule has 1 N–H and O–H groups in total. The molecule has 4 nitrogen and oxygen atoms in total. The number of aryl methyl sites for hydroxylation is 1. The lowest BCUT2D eigenvalue weighted by molar-refractivity contribution is 0.102. The van der Waals surface area contributed by atoms with Crippen molar-refractivity contribution in [3.63, 3.8) is 0 Å². The molecular formula is C19H21NO3S. The van der Waals surface area contributed by atoms with Crippen LogP contribution in [0.4, 0.5) is 5.69 Å². The standard InChI is InChI=1S/C19H21NO3S/c1-14-6-8-15(9-7-14)19(21)20-16-10-12-18(13-11-16)24(22,23)17-4-2-3-5-17/h6-13,17H,2-5H2,1H3,(H,20,21). The second-order valence-electron chi connectivity index (χ2n) is 6.30. The monoisotopic (exact) mass is 343 g/mol. The van der Waals surface area contributed by atoms with Crippen LogP contribution in [0.15, 0.2) is 53.4 Å². The van der Waals surface area contributed by atoms with Gasteiger partial charge in [0, 0.05) is 11.3 Å². The minimum absolute atomic E-state index is 0.207. The summed E-state index contributed by atoms with van der Waals surface area (Å²) in [4.78, 5) is 12.5. The molecule has 1 amide bonds. The van der Waals surface area contributed by atoms with Crippen molar-refractivity contribution in [1.29, 1.82) is 0 Å². The van der Waals surface area contributed by atoms with Gasteiger partial charge in [-0.15, -0.1) is 0 Å². The molecule has 0 aliphatic heterocycles. The van der Waals surface area contributed by atoms with Crippen LogP contribution in [0.25, 0.3) is 0 Å². The molecule has 0 atom stereocenters. The summed E-state index contributed by atoms with van der Waals surface area (Å²) in [6.45, 7) is 1.96. The summed E-state index contributed by atoms with van der Waals surface area (Å²) >= 11 is 0. The molecule has 0 radical (unpaired) electrons. The highest BCUT2D eigenvalue weighted by atomic mass is 32.2. The van der Waals surface area contributed by atoms with Crippen LogP contribution in [0.3, 0.4) is 0 Å². The van der Waals surface area contributed by atoms with Gasteiger partial charge in [0.05, 0.1) is 10.1 Å². The zero-order valence-electron chi connectivity index (χ0n) is 13.7. The zero-order valence-corrected chi connectivity index (χ0v) is 14.5. The van der Waals surface area contributed by atoms with Gasteiger partial charge >= 0.3 is 0 Å². The number of rotatable bonds is 4.